The van der Waals surface area contributed by atoms with Gasteiger partial charge in [-0.2, -0.15) is 0 Å². The summed E-state index contributed by atoms with van der Waals surface area (Å²) in [5.74, 6) is 1.48. The molecular formula is C22H18Cl2FNO2. The molecule has 0 aromatic heterocycles. The van der Waals surface area contributed by atoms with E-state index in [0.717, 1.165) is 11.3 Å². The number of hydrogen-bond acceptors (Lipinski definition) is 3. The van der Waals surface area contributed by atoms with E-state index in [4.69, 9.17) is 32.7 Å². The van der Waals surface area contributed by atoms with Gasteiger partial charge >= 0.3 is 0 Å². The first kappa shape index (κ1) is 19.1. The van der Waals surface area contributed by atoms with Gasteiger partial charge in [0.2, 0.25) is 0 Å². The van der Waals surface area contributed by atoms with Gasteiger partial charge in [-0.1, -0.05) is 23.7 Å². The van der Waals surface area contributed by atoms with Crippen molar-refractivity contribution in [1.29, 1.82) is 0 Å². The van der Waals surface area contributed by atoms with Crippen molar-refractivity contribution in [2.75, 3.05) is 17.5 Å². The molecule has 28 heavy (non-hydrogen) atoms. The highest BCUT2D eigenvalue weighted by Gasteiger charge is 2.36. The molecule has 144 valence electrons. The number of rotatable bonds is 5. The van der Waals surface area contributed by atoms with Gasteiger partial charge in [-0.25, -0.2) is 4.39 Å². The van der Waals surface area contributed by atoms with E-state index < -0.39 is 0 Å². The summed E-state index contributed by atoms with van der Waals surface area (Å²) >= 11 is 12.0. The van der Waals surface area contributed by atoms with Crippen molar-refractivity contribution in [2.45, 2.75) is 12.1 Å². The van der Waals surface area contributed by atoms with Gasteiger partial charge < -0.3 is 14.4 Å². The number of nitrogens with zero attached hydrogens (tertiary/aromatic N) is 1. The summed E-state index contributed by atoms with van der Waals surface area (Å²) in [5.41, 5.74) is 1.79. The number of benzene rings is 3. The predicted octanol–water partition coefficient (Wildman–Crippen LogP) is 6.41. The van der Waals surface area contributed by atoms with Gasteiger partial charge in [-0.3, -0.25) is 0 Å². The van der Waals surface area contributed by atoms with Gasteiger partial charge in [0.1, 0.15) is 24.0 Å². The largest absolute Gasteiger partial charge is 0.457 e. The molecule has 0 saturated carbocycles. The topological polar surface area (TPSA) is 21.7 Å². The van der Waals surface area contributed by atoms with Crippen molar-refractivity contribution < 1.29 is 13.9 Å². The second-order valence-corrected chi connectivity index (χ2v) is 7.25. The van der Waals surface area contributed by atoms with E-state index >= 15 is 0 Å². The molecule has 6 heteroatoms. The van der Waals surface area contributed by atoms with Gasteiger partial charge in [0.25, 0.3) is 0 Å². The normalized spacial score (nSPS) is 19.0. The fourth-order valence-corrected chi connectivity index (χ4v) is 3.73. The lowest BCUT2D eigenvalue weighted by Gasteiger charge is -2.27. The zero-order valence-electron chi connectivity index (χ0n) is 14.9. The summed E-state index contributed by atoms with van der Waals surface area (Å²) in [4.78, 5) is 2.08. The third-order valence-electron chi connectivity index (χ3n) is 4.68. The van der Waals surface area contributed by atoms with Crippen molar-refractivity contribution in [2.24, 2.45) is 0 Å². The highest BCUT2D eigenvalue weighted by Crippen LogP contribution is 2.37. The molecule has 0 amide bonds. The van der Waals surface area contributed by atoms with Crippen LogP contribution in [0.5, 0.6) is 11.5 Å². The quantitative estimate of drug-likeness (QED) is 0.447. The minimum absolute atomic E-state index is 0.156. The molecule has 3 aromatic rings. The molecular weight excluding hydrogens is 400 g/mol. The Morgan fingerprint density at radius 2 is 1.68 bits per heavy atom. The summed E-state index contributed by atoms with van der Waals surface area (Å²) in [6.07, 6.45) is -0.214. The lowest BCUT2D eigenvalue weighted by molar-refractivity contribution is 0.121. The van der Waals surface area contributed by atoms with Crippen molar-refractivity contribution in [3.05, 3.63) is 89.2 Å². The van der Waals surface area contributed by atoms with E-state index in [1.54, 1.807) is 18.2 Å². The van der Waals surface area contributed by atoms with E-state index in [1.807, 2.05) is 42.5 Å². The second kappa shape index (κ2) is 8.39. The highest BCUT2D eigenvalue weighted by atomic mass is 35.5. The molecule has 0 radical (unpaired) electrons. The molecule has 0 unspecified atom stereocenters. The minimum Gasteiger partial charge on any atom is -0.457 e. The number of anilines is 1. The van der Waals surface area contributed by atoms with Gasteiger partial charge in [-0.05, 0) is 66.2 Å². The molecule has 0 N–H and O–H groups in total. The zero-order valence-corrected chi connectivity index (χ0v) is 16.4. The summed E-state index contributed by atoms with van der Waals surface area (Å²) in [5, 5.41) is 0.661. The monoisotopic (exact) mass is 417 g/mol. The summed E-state index contributed by atoms with van der Waals surface area (Å²) in [6.45, 7) is 0.385. The summed E-state index contributed by atoms with van der Waals surface area (Å²) in [6, 6.07) is 21.3. The summed E-state index contributed by atoms with van der Waals surface area (Å²) < 4.78 is 25.4. The molecule has 1 heterocycles. The minimum atomic E-state index is -0.274. The van der Waals surface area contributed by atoms with E-state index in [0.29, 0.717) is 29.1 Å². The van der Waals surface area contributed by atoms with Crippen LogP contribution in [-0.2, 0) is 4.74 Å². The highest BCUT2D eigenvalue weighted by molar-refractivity contribution is 6.30. The first-order valence-corrected chi connectivity index (χ1v) is 9.78. The standard InChI is InChI=1S/C22H18Cl2FNO2/c23-13-21-22(15-2-1-3-17(25)12-15)26(14-27-21)18-6-10-20(11-7-18)28-19-8-4-16(24)5-9-19/h1-12,21-22H,13-14H2/t21-,22-/m0/s1. The van der Waals surface area contributed by atoms with E-state index in [2.05, 4.69) is 4.90 Å². The number of hydrogen-bond donors (Lipinski definition) is 0. The smallest absolute Gasteiger partial charge is 0.127 e. The molecule has 0 bridgehead atoms. The van der Waals surface area contributed by atoms with Gasteiger partial charge in [0, 0.05) is 10.7 Å². The van der Waals surface area contributed by atoms with Crippen molar-refractivity contribution in [3.8, 4) is 11.5 Å². The van der Waals surface area contributed by atoms with Crippen LogP contribution >= 0.6 is 23.2 Å². The lowest BCUT2D eigenvalue weighted by Crippen LogP contribution is -2.28. The van der Waals surface area contributed by atoms with Crippen LogP contribution in [0.15, 0.2) is 72.8 Å². The Labute approximate surface area is 173 Å². The fourth-order valence-electron chi connectivity index (χ4n) is 3.34. The second-order valence-electron chi connectivity index (χ2n) is 6.51. The average molecular weight is 418 g/mol. The lowest BCUT2D eigenvalue weighted by atomic mass is 10.0. The Morgan fingerprint density at radius 3 is 2.32 bits per heavy atom. The Bertz CT molecular complexity index is 934. The maximum Gasteiger partial charge on any atom is 0.127 e. The molecule has 1 saturated heterocycles. The van der Waals surface area contributed by atoms with Crippen molar-refractivity contribution in [3.63, 3.8) is 0 Å². The maximum atomic E-state index is 13.7. The van der Waals surface area contributed by atoms with Crippen molar-refractivity contribution >= 4 is 28.9 Å². The SMILES string of the molecule is Fc1cccc([C@H]2[C@H](CCl)OCN2c2ccc(Oc3ccc(Cl)cc3)cc2)c1. The first-order chi connectivity index (χ1) is 13.6. The van der Waals surface area contributed by atoms with Crippen molar-refractivity contribution in [1.82, 2.24) is 0 Å². The third-order valence-corrected chi connectivity index (χ3v) is 5.23. The average Bonchev–Trinajstić information content (AvgIpc) is 3.14. The van der Waals surface area contributed by atoms with Crippen LogP contribution in [0.1, 0.15) is 11.6 Å². The summed E-state index contributed by atoms with van der Waals surface area (Å²) in [7, 11) is 0. The molecule has 1 aliphatic rings. The van der Waals surface area contributed by atoms with Crippen LogP contribution in [0.2, 0.25) is 5.02 Å². The Morgan fingerprint density at radius 1 is 1.00 bits per heavy atom. The zero-order chi connectivity index (χ0) is 19.5. The molecule has 0 spiro atoms. The van der Waals surface area contributed by atoms with Crippen LogP contribution < -0.4 is 9.64 Å². The molecule has 3 aromatic carbocycles. The number of ether oxygens (including phenoxy) is 2. The molecule has 1 aliphatic heterocycles. The maximum absolute atomic E-state index is 13.7. The molecule has 1 fully saturated rings. The van der Waals surface area contributed by atoms with Crippen LogP contribution in [0.4, 0.5) is 10.1 Å². The molecule has 2 atom stereocenters. The Balaban J connectivity index is 1.56. The first-order valence-electron chi connectivity index (χ1n) is 8.87. The molecule has 4 rings (SSSR count). The van der Waals surface area contributed by atoms with Gasteiger partial charge in [-0.15, -0.1) is 11.6 Å². The van der Waals surface area contributed by atoms with Crippen LogP contribution in [0, 0.1) is 5.82 Å². The van der Waals surface area contributed by atoms with Gasteiger partial charge in [0.05, 0.1) is 18.0 Å². The van der Waals surface area contributed by atoms with Gasteiger partial charge in [0.15, 0.2) is 0 Å². The molecule has 3 nitrogen and oxygen atoms in total. The van der Waals surface area contributed by atoms with E-state index in [9.17, 15) is 4.39 Å². The number of alkyl halides is 1. The van der Waals surface area contributed by atoms with Crippen LogP contribution in [0.25, 0.3) is 0 Å². The fraction of sp³-hybridized carbons (Fsp3) is 0.182. The van der Waals surface area contributed by atoms with E-state index in [-0.39, 0.29) is 18.0 Å². The third kappa shape index (κ3) is 4.09. The molecule has 0 aliphatic carbocycles. The Hall–Kier alpha value is -2.27. The number of halogens is 3. The predicted molar refractivity (Wildman–Crippen MR) is 110 cm³/mol. The van der Waals surface area contributed by atoms with Crippen LogP contribution in [0.3, 0.4) is 0 Å². The van der Waals surface area contributed by atoms with Crippen LogP contribution in [-0.4, -0.2) is 18.7 Å². The Kier molecular flexibility index (Phi) is 5.72. The van der Waals surface area contributed by atoms with E-state index in [1.165, 1.54) is 12.1 Å².